The van der Waals surface area contributed by atoms with Gasteiger partial charge in [-0.2, -0.15) is 16.8 Å². The Kier molecular flexibility index (Phi) is 19.0. The van der Waals surface area contributed by atoms with Crippen molar-refractivity contribution in [2.45, 2.75) is 71.1 Å². The summed E-state index contributed by atoms with van der Waals surface area (Å²) in [6.07, 6.45) is 10.9. The molecule has 0 aliphatic heterocycles. The van der Waals surface area contributed by atoms with Gasteiger partial charge in [-0.05, 0) is 17.5 Å². The third-order valence-corrected chi connectivity index (χ3v) is 6.59. The second kappa shape index (κ2) is 19.4. The van der Waals surface area contributed by atoms with Gasteiger partial charge in [0.25, 0.3) is 0 Å². The second-order valence-electron chi connectivity index (χ2n) is 7.64. The Labute approximate surface area is 227 Å². The molecular formula is C24H37NaO7S2. The predicted molar refractivity (Wildman–Crippen MR) is 138 cm³/mol. The van der Waals surface area contributed by atoms with Crippen LogP contribution in [0, 0.1) is 0 Å². The van der Waals surface area contributed by atoms with Crippen LogP contribution < -0.4 is 0 Å². The SMILES string of the molecule is CCCCCCCCCCCCOS(=O)(=O)OS(=O)(=O)O.[NaH].c1ccc(-c2ccccc2)cc1. The molecule has 0 fully saturated rings. The van der Waals surface area contributed by atoms with Crippen molar-refractivity contribution in [3.8, 4) is 11.1 Å². The van der Waals surface area contributed by atoms with Crippen LogP contribution in [0.4, 0.5) is 0 Å². The van der Waals surface area contributed by atoms with E-state index in [1.165, 1.54) is 49.7 Å². The third kappa shape index (κ3) is 18.5. The van der Waals surface area contributed by atoms with Gasteiger partial charge in [0.05, 0.1) is 6.61 Å². The fourth-order valence-electron chi connectivity index (χ4n) is 3.14. The van der Waals surface area contributed by atoms with Crippen LogP contribution in [-0.4, -0.2) is 57.6 Å². The van der Waals surface area contributed by atoms with Crippen molar-refractivity contribution in [2.24, 2.45) is 0 Å². The maximum Gasteiger partial charge on any atom is -0.0184 e. The molecule has 0 bridgehead atoms. The minimum atomic E-state index is -5.06. The van der Waals surface area contributed by atoms with Crippen LogP contribution in [0.2, 0.25) is 0 Å². The average molecular weight is 525 g/mol. The summed E-state index contributed by atoms with van der Waals surface area (Å²) in [5.41, 5.74) is 2.55. The molecular weight excluding hydrogens is 487 g/mol. The molecule has 188 valence electrons. The third-order valence-electron chi connectivity index (χ3n) is 4.78. The van der Waals surface area contributed by atoms with E-state index in [4.69, 9.17) is 4.55 Å². The number of benzene rings is 2. The Morgan fingerprint density at radius 1 is 0.647 bits per heavy atom. The monoisotopic (exact) mass is 524 g/mol. The zero-order valence-electron chi connectivity index (χ0n) is 19.3. The maximum absolute atomic E-state index is 10.9. The molecule has 0 spiro atoms. The molecule has 0 aromatic heterocycles. The summed E-state index contributed by atoms with van der Waals surface area (Å²) < 4.78 is 58.2. The fourth-order valence-corrected chi connectivity index (χ4v) is 4.46. The first kappa shape index (κ1) is 33.2. The number of hydrogen-bond acceptors (Lipinski definition) is 6. The maximum atomic E-state index is 10.9. The Balaban J connectivity index is 0.000000703. The number of rotatable bonds is 15. The fraction of sp³-hybridized carbons (Fsp3) is 0.500. The molecule has 0 unspecified atom stereocenters. The molecule has 2 aromatic rings. The molecule has 1 N–H and O–H groups in total. The van der Waals surface area contributed by atoms with Crippen LogP contribution in [0.15, 0.2) is 60.7 Å². The molecule has 7 nitrogen and oxygen atoms in total. The molecule has 0 aliphatic carbocycles. The van der Waals surface area contributed by atoms with E-state index in [0.29, 0.717) is 6.42 Å². The molecule has 34 heavy (non-hydrogen) atoms. The Bertz CT molecular complexity index is 914. The molecule has 0 amide bonds. The van der Waals surface area contributed by atoms with Gasteiger partial charge in [0.1, 0.15) is 0 Å². The normalized spacial score (nSPS) is 11.2. The zero-order valence-corrected chi connectivity index (χ0v) is 20.9. The Morgan fingerprint density at radius 3 is 1.41 bits per heavy atom. The van der Waals surface area contributed by atoms with Gasteiger partial charge in [-0.25, -0.2) is 4.18 Å². The van der Waals surface area contributed by atoms with Gasteiger partial charge in [0.2, 0.25) is 0 Å². The van der Waals surface area contributed by atoms with E-state index in [9.17, 15) is 16.8 Å². The summed E-state index contributed by atoms with van der Waals surface area (Å²) in [5, 5.41) is 0. The van der Waals surface area contributed by atoms with Gasteiger partial charge in [0, 0.05) is 0 Å². The number of unbranched alkanes of at least 4 members (excludes halogenated alkanes) is 9. The van der Waals surface area contributed by atoms with Crippen molar-refractivity contribution >= 4 is 50.4 Å². The molecule has 10 heteroatoms. The minimum Gasteiger partial charge on any atom is -0.0622 e. The second-order valence-corrected chi connectivity index (χ2v) is 10.1. The molecule has 0 saturated carbocycles. The van der Waals surface area contributed by atoms with E-state index in [-0.39, 0.29) is 36.2 Å². The van der Waals surface area contributed by atoms with Crippen molar-refractivity contribution in [1.29, 1.82) is 0 Å². The Morgan fingerprint density at radius 2 is 1.03 bits per heavy atom. The first-order valence-corrected chi connectivity index (χ1v) is 14.1. The van der Waals surface area contributed by atoms with Crippen molar-refractivity contribution in [3.05, 3.63) is 60.7 Å². The van der Waals surface area contributed by atoms with Gasteiger partial charge in [-0.1, -0.05) is 125 Å². The summed E-state index contributed by atoms with van der Waals surface area (Å²) in [7, 11) is -9.75. The van der Waals surface area contributed by atoms with Crippen LogP contribution in [-0.2, 0) is 28.6 Å². The van der Waals surface area contributed by atoms with Crippen molar-refractivity contribution in [3.63, 3.8) is 0 Å². The molecule has 0 aliphatic rings. The molecule has 0 heterocycles. The number of hydrogen-bond donors (Lipinski definition) is 1. The van der Waals surface area contributed by atoms with Crippen molar-refractivity contribution < 1.29 is 29.2 Å². The van der Waals surface area contributed by atoms with Gasteiger partial charge in [-0.3, -0.25) is 4.55 Å². The zero-order chi connectivity index (χ0) is 24.4. The van der Waals surface area contributed by atoms with Crippen molar-refractivity contribution in [1.82, 2.24) is 0 Å². The summed E-state index contributed by atoms with van der Waals surface area (Å²) in [6, 6.07) is 20.8. The van der Waals surface area contributed by atoms with Gasteiger partial charge < -0.3 is 0 Å². The summed E-state index contributed by atoms with van der Waals surface area (Å²) in [5.74, 6) is 0. The van der Waals surface area contributed by atoms with E-state index >= 15 is 0 Å². The van der Waals surface area contributed by atoms with Gasteiger partial charge in [-0.15, -0.1) is 3.63 Å². The van der Waals surface area contributed by atoms with Gasteiger partial charge in [0.15, 0.2) is 0 Å². The topological polar surface area (TPSA) is 107 Å². The molecule has 2 aromatic carbocycles. The summed E-state index contributed by atoms with van der Waals surface area (Å²) in [4.78, 5) is 0. The average Bonchev–Trinajstić information content (AvgIpc) is 2.77. The van der Waals surface area contributed by atoms with Crippen LogP contribution in [0.3, 0.4) is 0 Å². The minimum absolute atomic E-state index is 0. The molecule has 2 rings (SSSR count). The van der Waals surface area contributed by atoms with Crippen LogP contribution in [0.5, 0.6) is 0 Å². The van der Waals surface area contributed by atoms with E-state index < -0.39 is 20.8 Å². The van der Waals surface area contributed by atoms with Crippen LogP contribution in [0.25, 0.3) is 11.1 Å². The standard InChI is InChI=1S/C12H26O7S2.C12H10.Na.H/c1-2-3-4-5-6-7-8-9-10-11-12-18-21(16,17)19-20(13,14)15;1-3-7-11(8-4-1)12-9-5-2-6-10-12;;/h2-12H2,1H3,(H,13,14,15);1-10H;;. The quantitative estimate of drug-likeness (QED) is 0.181. The Hall–Kier alpha value is -0.780. The molecule has 0 saturated heterocycles. The van der Waals surface area contributed by atoms with Gasteiger partial charge >= 0.3 is 50.4 Å². The van der Waals surface area contributed by atoms with Crippen LogP contribution in [0.1, 0.15) is 71.1 Å². The van der Waals surface area contributed by atoms with E-state index in [1.54, 1.807) is 0 Å². The molecule has 0 radical (unpaired) electrons. The first-order valence-electron chi connectivity index (χ1n) is 11.4. The molecule has 0 atom stereocenters. The van der Waals surface area contributed by atoms with Crippen molar-refractivity contribution in [2.75, 3.05) is 6.61 Å². The first-order chi connectivity index (χ1) is 15.7. The van der Waals surface area contributed by atoms with Crippen LogP contribution >= 0.6 is 0 Å². The van der Waals surface area contributed by atoms with E-state index in [2.05, 4.69) is 63.3 Å². The smallest absolute Gasteiger partial charge is 0.0184 e. The largest absolute Gasteiger partial charge is 0.0622 e. The summed E-state index contributed by atoms with van der Waals surface area (Å²) in [6.45, 7) is 2.03. The summed E-state index contributed by atoms with van der Waals surface area (Å²) >= 11 is 0. The van der Waals surface area contributed by atoms with E-state index in [1.807, 2.05) is 12.1 Å². The van der Waals surface area contributed by atoms with E-state index in [0.717, 1.165) is 19.3 Å². The predicted octanol–water partition coefficient (Wildman–Crippen LogP) is 5.69.